The molecule has 0 bridgehead atoms. The molecule has 1 amide bonds. The summed E-state index contributed by atoms with van der Waals surface area (Å²) in [5.41, 5.74) is 2.18. The van der Waals surface area contributed by atoms with E-state index < -0.39 is 16.9 Å². The van der Waals surface area contributed by atoms with E-state index >= 15 is 0 Å². The molecule has 0 saturated heterocycles. The van der Waals surface area contributed by atoms with E-state index in [4.69, 9.17) is 0 Å². The highest BCUT2D eigenvalue weighted by Gasteiger charge is 2.37. The van der Waals surface area contributed by atoms with Crippen LogP contribution in [-0.4, -0.2) is 30.7 Å². The summed E-state index contributed by atoms with van der Waals surface area (Å²) in [4.78, 5) is 29.5. The smallest absolute Gasteiger partial charge is 0.275 e. The highest BCUT2D eigenvalue weighted by molar-refractivity contribution is 6.06. The molecule has 0 aliphatic carbocycles. The largest absolute Gasteiger partial charge is 0.508 e. The number of fused-ring (bicyclic) bond motifs is 1. The number of amides is 1. The molecule has 10 heteroatoms. The van der Waals surface area contributed by atoms with E-state index in [0.29, 0.717) is 34.3 Å². The summed E-state index contributed by atoms with van der Waals surface area (Å²) in [6, 6.07) is 20.7. The van der Waals surface area contributed by atoms with E-state index in [9.17, 15) is 20.0 Å². The number of aromatic nitrogens is 3. The number of carbonyl (C=O) groups is 1. The molecule has 0 fully saturated rings. The Kier molecular flexibility index (Phi) is 5.46. The molecule has 0 spiro atoms. The van der Waals surface area contributed by atoms with Gasteiger partial charge in [0.15, 0.2) is 5.82 Å². The third-order valence-corrected chi connectivity index (χ3v) is 5.68. The maximum Gasteiger partial charge on any atom is 0.275 e. The Balaban J connectivity index is 1.66. The number of para-hydroxylation sites is 2. The molecule has 0 radical (unpaired) electrons. The average molecular weight is 468 g/mol. The SMILES string of the molecule is CC1=C(C(=O)Nc2ccccc2)C(c2ccccc2[N+](=O)[O-])n2nc(-c3ccc(O)cc3)nc2N1. The topological polar surface area (TPSA) is 135 Å². The van der Waals surface area contributed by atoms with E-state index in [2.05, 4.69) is 20.7 Å². The molecule has 3 N–H and O–H groups in total. The van der Waals surface area contributed by atoms with Crippen molar-refractivity contribution in [2.45, 2.75) is 13.0 Å². The molecular weight excluding hydrogens is 448 g/mol. The number of nitro benzene ring substituents is 1. The van der Waals surface area contributed by atoms with Crippen LogP contribution >= 0.6 is 0 Å². The standard InChI is InChI=1S/C25H20N6O4/c1-15-21(24(33)27-17-7-3-2-4-8-17)22(19-9-5-6-10-20(19)31(34)35)30-25(26-15)28-23(29-30)16-11-13-18(32)14-12-16/h2-14,22,32H,1H3,(H,27,33)(H,26,28,29). The Morgan fingerprint density at radius 1 is 1.06 bits per heavy atom. The first-order valence-corrected chi connectivity index (χ1v) is 10.8. The van der Waals surface area contributed by atoms with Crippen LogP contribution in [0.4, 0.5) is 17.3 Å². The van der Waals surface area contributed by atoms with Crippen LogP contribution in [0.15, 0.2) is 90.1 Å². The number of aromatic hydroxyl groups is 1. The quantitative estimate of drug-likeness (QED) is 0.290. The van der Waals surface area contributed by atoms with Gasteiger partial charge in [-0.25, -0.2) is 4.68 Å². The zero-order valence-electron chi connectivity index (χ0n) is 18.5. The molecule has 1 aliphatic rings. The third kappa shape index (κ3) is 4.08. The number of nitrogens with one attached hydrogen (secondary N) is 2. The van der Waals surface area contributed by atoms with E-state index in [0.717, 1.165) is 0 Å². The van der Waals surface area contributed by atoms with Gasteiger partial charge in [0.2, 0.25) is 5.95 Å². The van der Waals surface area contributed by atoms with Crippen LogP contribution in [0.3, 0.4) is 0 Å². The molecule has 35 heavy (non-hydrogen) atoms. The van der Waals surface area contributed by atoms with Crippen LogP contribution < -0.4 is 10.6 Å². The molecule has 1 unspecified atom stereocenters. The molecule has 2 heterocycles. The molecule has 3 aromatic carbocycles. The van der Waals surface area contributed by atoms with Gasteiger partial charge < -0.3 is 15.7 Å². The highest BCUT2D eigenvalue weighted by Crippen LogP contribution is 2.40. The summed E-state index contributed by atoms with van der Waals surface area (Å²) < 4.78 is 1.48. The van der Waals surface area contributed by atoms with E-state index in [1.165, 1.54) is 22.9 Å². The summed E-state index contributed by atoms with van der Waals surface area (Å²) in [5.74, 6) is 0.362. The molecule has 1 aliphatic heterocycles. The lowest BCUT2D eigenvalue weighted by Crippen LogP contribution is -2.31. The lowest BCUT2D eigenvalue weighted by Gasteiger charge is -2.28. The number of anilines is 2. The van der Waals surface area contributed by atoms with Crippen LogP contribution in [0.1, 0.15) is 18.5 Å². The van der Waals surface area contributed by atoms with Crippen molar-refractivity contribution in [1.82, 2.24) is 14.8 Å². The molecule has 174 valence electrons. The molecule has 0 saturated carbocycles. The van der Waals surface area contributed by atoms with Gasteiger partial charge in [0.1, 0.15) is 11.8 Å². The van der Waals surface area contributed by atoms with Crippen molar-refractivity contribution in [3.63, 3.8) is 0 Å². The average Bonchev–Trinajstić information content (AvgIpc) is 3.27. The number of hydrogen-bond acceptors (Lipinski definition) is 7. The van der Waals surface area contributed by atoms with Gasteiger partial charge in [0.05, 0.1) is 16.1 Å². The molecule has 1 atom stereocenters. The minimum atomic E-state index is -0.907. The molecule has 5 rings (SSSR count). The maximum absolute atomic E-state index is 13.5. The van der Waals surface area contributed by atoms with Crippen molar-refractivity contribution in [2.75, 3.05) is 10.6 Å². The minimum absolute atomic E-state index is 0.103. The summed E-state index contributed by atoms with van der Waals surface area (Å²) >= 11 is 0. The minimum Gasteiger partial charge on any atom is -0.508 e. The van der Waals surface area contributed by atoms with Crippen molar-refractivity contribution < 1.29 is 14.8 Å². The zero-order chi connectivity index (χ0) is 24.5. The number of hydrogen-bond donors (Lipinski definition) is 3. The second kappa shape index (κ2) is 8.75. The first-order chi connectivity index (χ1) is 16.9. The number of carbonyl (C=O) groups excluding carboxylic acids is 1. The van der Waals surface area contributed by atoms with E-state index in [-0.39, 0.29) is 17.0 Å². The van der Waals surface area contributed by atoms with Gasteiger partial charge in [0, 0.05) is 23.0 Å². The lowest BCUT2D eigenvalue weighted by atomic mass is 9.93. The molecular formula is C25H20N6O4. The van der Waals surface area contributed by atoms with Gasteiger partial charge in [-0.05, 0) is 49.4 Å². The van der Waals surface area contributed by atoms with Crippen molar-refractivity contribution in [1.29, 1.82) is 0 Å². The van der Waals surface area contributed by atoms with Crippen LogP contribution in [0, 0.1) is 10.1 Å². The summed E-state index contributed by atoms with van der Waals surface area (Å²) in [6.07, 6.45) is 0. The number of benzene rings is 3. The normalized spacial score (nSPS) is 14.7. The van der Waals surface area contributed by atoms with Crippen LogP contribution in [0.25, 0.3) is 11.4 Å². The van der Waals surface area contributed by atoms with Crippen molar-refractivity contribution >= 4 is 23.2 Å². The Bertz CT molecular complexity index is 1460. The van der Waals surface area contributed by atoms with Crippen LogP contribution in [0.5, 0.6) is 5.75 Å². The predicted octanol–water partition coefficient (Wildman–Crippen LogP) is 4.49. The number of nitro groups is 1. The van der Waals surface area contributed by atoms with Gasteiger partial charge in [-0.3, -0.25) is 14.9 Å². The lowest BCUT2D eigenvalue weighted by molar-refractivity contribution is -0.385. The fourth-order valence-corrected chi connectivity index (χ4v) is 4.07. The first kappa shape index (κ1) is 21.8. The Hall–Kier alpha value is -4.99. The second-order valence-electron chi connectivity index (χ2n) is 7.95. The fourth-order valence-electron chi connectivity index (χ4n) is 4.07. The van der Waals surface area contributed by atoms with Crippen molar-refractivity contribution in [3.05, 3.63) is 106 Å². The summed E-state index contributed by atoms with van der Waals surface area (Å²) in [6.45, 7) is 1.72. The Morgan fingerprint density at radius 2 is 1.74 bits per heavy atom. The van der Waals surface area contributed by atoms with Gasteiger partial charge in [-0.15, -0.1) is 5.10 Å². The number of rotatable bonds is 5. The van der Waals surface area contributed by atoms with Crippen molar-refractivity contribution in [3.8, 4) is 17.1 Å². The van der Waals surface area contributed by atoms with E-state index in [1.807, 2.05) is 6.07 Å². The number of phenolic OH excluding ortho intramolecular Hbond substituents is 1. The maximum atomic E-state index is 13.5. The summed E-state index contributed by atoms with van der Waals surface area (Å²) in [5, 5.41) is 32.1. The van der Waals surface area contributed by atoms with Crippen LogP contribution in [0.2, 0.25) is 0 Å². The summed E-state index contributed by atoms with van der Waals surface area (Å²) in [7, 11) is 0. The second-order valence-corrected chi connectivity index (χ2v) is 7.95. The third-order valence-electron chi connectivity index (χ3n) is 5.68. The van der Waals surface area contributed by atoms with Crippen molar-refractivity contribution in [2.24, 2.45) is 0 Å². The Labute approximate surface area is 199 Å². The van der Waals surface area contributed by atoms with Gasteiger partial charge >= 0.3 is 0 Å². The zero-order valence-corrected chi connectivity index (χ0v) is 18.5. The number of allylic oxidation sites excluding steroid dienone is 1. The van der Waals surface area contributed by atoms with Crippen LogP contribution in [-0.2, 0) is 4.79 Å². The monoisotopic (exact) mass is 468 g/mol. The van der Waals surface area contributed by atoms with Gasteiger partial charge in [-0.1, -0.05) is 30.3 Å². The molecule has 1 aromatic heterocycles. The van der Waals surface area contributed by atoms with E-state index in [1.54, 1.807) is 61.5 Å². The highest BCUT2D eigenvalue weighted by atomic mass is 16.6. The number of phenols is 1. The Morgan fingerprint density at radius 3 is 2.46 bits per heavy atom. The predicted molar refractivity (Wildman–Crippen MR) is 130 cm³/mol. The fraction of sp³-hybridized carbons (Fsp3) is 0.0800. The van der Waals surface area contributed by atoms with Gasteiger partial charge in [-0.2, -0.15) is 4.98 Å². The number of nitrogens with zero attached hydrogens (tertiary/aromatic N) is 4. The molecule has 10 nitrogen and oxygen atoms in total. The molecule has 4 aromatic rings. The van der Waals surface area contributed by atoms with Gasteiger partial charge in [0.25, 0.3) is 11.6 Å². The first-order valence-electron chi connectivity index (χ1n) is 10.8.